The summed E-state index contributed by atoms with van der Waals surface area (Å²) in [6.45, 7) is -0.337. The Morgan fingerprint density at radius 1 is 1.04 bits per heavy atom. The molecule has 8 heteroatoms. The second-order valence-corrected chi connectivity index (χ2v) is 8.03. The first kappa shape index (κ1) is 18.7. The van der Waals surface area contributed by atoms with Crippen molar-refractivity contribution in [3.63, 3.8) is 0 Å². The average molecular weight is 387 g/mol. The first-order valence-electron chi connectivity index (χ1n) is 7.01. The number of hydrogen-bond donors (Lipinski definition) is 1. The largest absolute Gasteiger partial charge is 0.322 e. The molecule has 0 atom stereocenters. The minimum Gasteiger partial charge on any atom is -0.322 e. The summed E-state index contributed by atoms with van der Waals surface area (Å²) in [6.07, 6.45) is 0. The van der Waals surface area contributed by atoms with Crippen LogP contribution in [-0.2, 0) is 20.6 Å². The number of likely N-dealkylation sites (N-methyl/N-ethyl adjacent to an activating group) is 1. The highest BCUT2D eigenvalue weighted by atomic mass is 35.5. The Morgan fingerprint density at radius 3 is 2.21 bits per heavy atom. The molecular weight excluding hydrogens is 371 g/mol. The SMILES string of the molecule is CN(CC(=O)Nc1c(Cl)cccc1Cl)S(=O)(=O)Cc1ccccc1. The molecule has 128 valence electrons. The van der Waals surface area contributed by atoms with E-state index in [4.69, 9.17) is 23.2 Å². The normalized spacial score (nSPS) is 11.5. The van der Waals surface area contributed by atoms with Gasteiger partial charge in [-0.25, -0.2) is 8.42 Å². The van der Waals surface area contributed by atoms with Crippen LogP contribution in [0.2, 0.25) is 10.0 Å². The second kappa shape index (κ2) is 7.98. The fraction of sp³-hybridized carbons (Fsp3) is 0.188. The number of para-hydroxylation sites is 1. The molecule has 0 saturated carbocycles. The quantitative estimate of drug-likeness (QED) is 0.826. The highest BCUT2D eigenvalue weighted by Crippen LogP contribution is 2.29. The van der Waals surface area contributed by atoms with Gasteiger partial charge in [0.1, 0.15) is 0 Å². The molecule has 2 aromatic carbocycles. The molecule has 0 aliphatic carbocycles. The molecule has 0 saturated heterocycles. The Morgan fingerprint density at radius 2 is 1.62 bits per heavy atom. The van der Waals surface area contributed by atoms with Crippen molar-refractivity contribution in [2.45, 2.75) is 5.75 Å². The number of nitrogens with one attached hydrogen (secondary N) is 1. The van der Waals surface area contributed by atoms with Crippen molar-refractivity contribution in [3.05, 3.63) is 64.1 Å². The molecule has 0 aliphatic rings. The van der Waals surface area contributed by atoms with Gasteiger partial charge in [-0.2, -0.15) is 4.31 Å². The lowest BCUT2D eigenvalue weighted by Gasteiger charge is -2.17. The van der Waals surface area contributed by atoms with Gasteiger partial charge in [0, 0.05) is 7.05 Å². The molecule has 24 heavy (non-hydrogen) atoms. The number of carbonyl (C=O) groups is 1. The van der Waals surface area contributed by atoms with Crippen LogP contribution in [0.3, 0.4) is 0 Å². The molecule has 0 radical (unpaired) electrons. The van der Waals surface area contributed by atoms with E-state index in [0.717, 1.165) is 4.31 Å². The van der Waals surface area contributed by atoms with Crippen LogP contribution in [0.1, 0.15) is 5.56 Å². The van der Waals surface area contributed by atoms with Gasteiger partial charge in [0.2, 0.25) is 15.9 Å². The summed E-state index contributed by atoms with van der Waals surface area (Å²) in [4.78, 5) is 12.1. The summed E-state index contributed by atoms with van der Waals surface area (Å²) in [5.41, 5.74) is 0.915. The van der Waals surface area contributed by atoms with Crippen molar-refractivity contribution in [2.24, 2.45) is 0 Å². The van der Waals surface area contributed by atoms with Crippen molar-refractivity contribution in [1.29, 1.82) is 0 Å². The van der Waals surface area contributed by atoms with Gasteiger partial charge in [-0.15, -0.1) is 0 Å². The summed E-state index contributed by atoms with van der Waals surface area (Å²) < 4.78 is 25.6. The number of sulfonamides is 1. The Kier molecular flexibility index (Phi) is 6.23. The molecule has 1 amide bonds. The van der Waals surface area contributed by atoms with Gasteiger partial charge in [0.25, 0.3) is 0 Å². The van der Waals surface area contributed by atoms with E-state index in [1.165, 1.54) is 7.05 Å². The van der Waals surface area contributed by atoms with Crippen LogP contribution in [0, 0.1) is 0 Å². The molecule has 0 spiro atoms. The van der Waals surface area contributed by atoms with Crippen molar-refractivity contribution in [3.8, 4) is 0 Å². The highest BCUT2D eigenvalue weighted by molar-refractivity contribution is 7.88. The zero-order chi connectivity index (χ0) is 17.7. The Balaban J connectivity index is 2.03. The van der Waals surface area contributed by atoms with E-state index in [2.05, 4.69) is 5.32 Å². The number of halogens is 2. The molecule has 1 N–H and O–H groups in total. The summed E-state index contributed by atoms with van der Waals surface area (Å²) >= 11 is 12.0. The van der Waals surface area contributed by atoms with Crippen molar-refractivity contribution in [2.75, 3.05) is 18.9 Å². The van der Waals surface area contributed by atoms with Crippen LogP contribution >= 0.6 is 23.2 Å². The van der Waals surface area contributed by atoms with Crippen molar-refractivity contribution >= 4 is 44.8 Å². The average Bonchev–Trinajstić information content (AvgIpc) is 2.51. The van der Waals surface area contributed by atoms with E-state index in [1.807, 2.05) is 0 Å². The molecular formula is C16H16Cl2N2O3S. The molecule has 0 heterocycles. The molecule has 5 nitrogen and oxygen atoms in total. The highest BCUT2D eigenvalue weighted by Gasteiger charge is 2.21. The Hall–Kier alpha value is -1.60. The smallest absolute Gasteiger partial charge is 0.239 e. The maximum atomic E-state index is 12.3. The van der Waals surface area contributed by atoms with E-state index in [0.29, 0.717) is 5.56 Å². The number of rotatable bonds is 6. The number of anilines is 1. The van der Waals surface area contributed by atoms with Crippen LogP contribution in [0.15, 0.2) is 48.5 Å². The summed E-state index contributed by atoms with van der Waals surface area (Å²) in [6, 6.07) is 13.6. The van der Waals surface area contributed by atoms with Gasteiger partial charge in [0.15, 0.2) is 0 Å². The summed E-state index contributed by atoms with van der Waals surface area (Å²) in [7, 11) is -2.26. The number of benzene rings is 2. The van der Waals surface area contributed by atoms with Gasteiger partial charge in [-0.05, 0) is 17.7 Å². The predicted octanol–water partition coefficient (Wildman–Crippen LogP) is 3.39. The number of nitrogens with zero attached hydrogens (tertiary/aromatic N) is 1. The molecule has 0 unspecified atom stereocenters. The second-order valence-electron chi connectivity index (χ2n) is 5.14. The monoisotopic (exact) mass is 386 g/mol. The third kappa shape index (κ3) is 4.95. The number of amides is 1. The zero-order valence-electron chi connectivity index (χ0n) is 12.9. The zero-order valence-corrected chi connectivity index (χ0v) is 15.2. The van der Waals surface area contributed by atoms with Crippen molar-refractivity contribution < 1.29 is 13.2 Å². The number of carbonyl (C=O) groups excluding carboxylic acids is 1. The molecule has 2 rings (SSSR count). The summed E-state index contributed by atoms with van der Waals surface area (Å²) in [5, 5.41) is 3.10. The Labute approximate surface area is 151 Å². The fourth-order valence-corrected chi connectivity index (χ4v) is 3.63. The van der Waals surface area contributed by atoms with E-state index in [9.17, 15) is 13.2 Å². The van der Waals surface area contributed by atoms with Gasteiger partial charge >= 0.3 is 0 Å². The first-order chi connectivity index (χ1) is 11.3. The Bertz CT molecular complexity index is 806. The molecule has 0 aliphatic heterocycles. The van der Waals surface area contributed by atoms with E-state index >= 15 is 0 Å². The maximum absolute atomic E-state index is 12.3. The maximum Gasteiger partial charge on any atom is 0.239 e. The van der Waals surface area contributed by atoms with Crippen LogP contribution in [0.4, 0.5) is 5.69 Å². The van der Waals surface area contributed by atoms with Gasteiger partial charge in [-0.3, -0.25) is 4.79 Å². The van der Waals surface area contributed by atoms with E-state index in [-0.39, 0.29) is 28.0 Å². The minimum absolute atomic E-state index is 0.176. The third-order valence-electron chi connectivity index (χ3n) is 3.26. The molecule has 2 aromatic rings. The predicted molar refractivity (Wildman–Crippen MR) is 96.8 cm³/mol. The lowest BCUT2D eigenvalue weighted by molar-refractivity contribution is -0.116. The van der Waals surface area contributed by atoms with E-state index < -0.39 is 15.9 Å². The fourth-order valence-electron chi connectivity index (χ4n) is 1.99. The third-order valence-corrected chi connectivity index (χ3v) is 5.67. The van der Waals surface area contributed by atoms with Gasteiger partial charge < -0.3 is 5.32 Å². The minimum atomic E-state index is -3.61. The van der Waals surface area contributed by atoms with Crippen LogP contribution < -0.4 is 5.32 Å². The topological polar surface area (TPSA) is 66.5 Å². The van der Waals surface area contributed by atoms with E-state index in [1.54, 1.807) is 48.5 Å². The first-order valence-corrected chi connectivity index (χ1v) is 9.38. The summed E-state index contributed by atoms with van der Waals surface area (Å²) in [5.74, 6) is -0.700. The van der Waals surface area contributed by atoms with Crippen LogP contribution in [0.25, 0.3) is 0 Å². The van der Waals surface area contributed by atoms with Gasteiger partial charge in [-0.1, -0.05) is 59.6 Å². The molecule has 0 aromatic heterocycles. The number of hydrogen-bond acceptors (Lipinski definition) is 3. The van der Waals surface area contributed by atoms with Crippen LogP contribution in [-0.4, -0.2) is 32.2 Å². The van der Waals surface area contributed by atoms with Crippen LogP contribution in [0.5, 0.6) is 0 Å². The van der Waals surface area contributed by atoms with Crippen molar-refractivity contribution in [1.82, 2.24) is 4.31 Å². The standard InChI is InChI=1S/C16H16Cl2N2O3S/c1-20(24(22,23)11-12-6-3-2-4-7-12)10-15(21)19-16-13(17)8-5-9-14(16)18/h2-9H,10-11H2,1H3,(H,19,21). The molecule has 0 fully saturated rings. The molecule has 0 bridgehead atoms. The van der Waals surface area contributed by atoms with Gasteiger partial charge in [0.05, 0.1) is 28.0 Å². The lowest BCUT2D eigenvalue weighted by atomic mass is 10.2. The lowest BCUT2D eigenvalue weighted by Crippen LogP contribution is -2.35.